The third-order valence-corrected chi connectivity index (χ3v) is 2.67. The Kier molecular flexibility index (Phi) is 2.31. The Hall–Kier alpha value is -1.29. The minimum absolute atomic E-state index is 0.796. The molecule has 0 N–H and O–H groups in total. The second kappa shape index (κ2) is 3.62. The highest BCUT2D eigenvalue weighted by Crippen LogP contribution is 2.28. The quantitative estimate of drug-likeness (QED) is 0.752. The van der Waals surface area contributed by atoms with E-state index in [1.165, 1.54) is 5.00 Å². The van der Waals surface area contributed by atoms with E-state index in [0.717, 1.165) is 12.4 Å². The molecule has 4 heteroatoms. The second-order valence-electron chi connectivity index (χ2n) is 2.55. The zero-order valence-corrected chi connectivity index (χ0v) is 8.12. The third kappa shape index (κ3) is 1.58. The van der Waals surface area contributed by atoms with Crippen molar-refractivity contribution in [1.29, 1.82) is 0 Å². The number of aromatic nitrogens is 1. The molecule has 0 fully saturated rings. The first-order valence-corrected chi connectivity index (χ1v) is 5.01. The molecule has 0 saturated carbocycles. The minimum atomic E-state index is 0.796. The molecule has 0 unspecified atom stereocenters. The molecule has 13 heavy (non-hydrogen) atoms. The Balaban J connectivity index is 2.29. The first kappa shape index (κ1) is 8.31. The normalized spacial score (nSPS) is 10.2. The van der Waals surface area contributed by atoms with E-state index >= 15 is 0 Å². The summed E-state index contributed by atoms with van der Waals surface area (Å²) >= 11 is 1.69. The van der Waals surface area contributed by atoms with Crippen molar-refractivity contribution in [2.75, 3.05) is 11.4 Å². The van der Waals surface area contributed by atoms with Crippen molar-refractivity contribution in [3.8, 4) is 0 Å². The molecule has 2 rings (SSSR count). The topological polar surface area (TPSA) is 29.3 Å². The van der Waals surface area contributed by atoms with Gasteiger partial charge in [0.25, 0.3) is 0 Å². The largest absolute Gasteiger partial charge is 0.338 e. The first-order valence-electron chi connectivity index (χ1n) is 4.13. The van der Waals surface area contributed by atoms with Gasteiger partial charge in [0.05, 0.1) is 11.2 Å². The van der Waals surface area contributed by atoms with Crippen LogP contribution in [-0.4, -0.2) is 11.7 Å². The summed E-state index contributed by atoms with van der Waals surface area (Å²) in [5, 5.41) is 6.92. The highest BCUT2D eigenvalue weighted by molar-refractivity contribution is 7.14. The first-order chi connectivity index (χ1) is 6.42. The van der Waals surface area contributed by atoms with E-state index in [1.807, 2.05) is 17.5 Å². The summed E-state index contributed by atoms with van der Waals surface area (Å²) in [7, 11) is 0. The van der Waals surface area contributed by atoms with E-state index in [4.69, 9.17) is 4.52 Å². The van der Waals surface area contributed by atoms with E-state index in [1.54, 1.807) is 17.5 Å². The molecule has 0 radical (unpaired) electrons. The van der Waals surface area contributed by atoms with Gasteiger partial charge in [-0.05, 0) is 24.4 Å². The lowest BCUT2D eigenvalue weighted by Gasteiger charge is -2.15. The van der Waals surface area contributed by atoms with Crippen LogP contribution in [0.1, 0.15) is 6.92 Å². The molecule has 0 atom stereocenters. The van der Waals surface area contributed by atoms with Crippen LogP contribution < -0.4 is 4.90 Å². The van der Waals surface area contributed by atoms with Gasteiger partial charge in [-0.25, -0.2) is 0 Å². The summed E-state index contributed by atoms with van der Waals surface area (Å²) in [4.78, 5) is 2.08. The summed E-state index contributed by atoms with van der Waals surface area (Å²) in [6, 6.07) is 5.96. The zero-order chi connectivity index (χ0) is 9.10. The maximum absolute atomic E-state index is 5.09. The van der Waals surface area contributed by atoms with Gasteiger partial charge in [0.2, 0.25) is 5.88 Å². The van der Waals surface area contributed by atoms with Gasteiger partial charge in [0.15, 0.2) is 0 Å². The van der Waals surface area contributed by atoms with Gasteiger partial charge in [-0.3, -0.25) is 0 Å². The predicted octanol–water partition coefficient (Wildman–Crippen LogP) is 2.89. The van der Waals surface area contributed by atoms with Crippen molar-refractivity contribution in [2.45, 2.75) is 6.92 Å². The molecule has 68 valence electrons. The third-order valence-electron chi connectivity index (χ3n) is 1.78. The monoisotopic (exact) mass is 194 g/mol. The Morgan fingerprint density at radius 1 is 1.54 bits per heavy atom. The fraction of sp³-hybridized carbons (Fsp3) is 0.222. The number of hydrogen-bond acceptors (Lipinski definition) is 4. The number of nitrogens with zero attached hydrogens (tertiary/aromatic N) is 2. The molecule has 0 spiro atoms. The minimum Gasteiger partial charge on any atom is -0.338 e. The summed E-state index contributed by atoms with van der Waals surface area (Å²) in [5.74, 6) is 0.796. The van der Waals surface area contributed by atoms with Crippen LogP contribution >= 0.6 is 11.3 Å². The molecular formula is C9H10N2OS. The van der Waals surface area contributed by atoms with Gasteiger partial charge in [-0.2, -0.15) is 0 Å². The average Bonchev–Trinajstić information content (AvgIpc) is 2.76. The van der Waals surface area contributed by atoms with Crippen LogP contribution in [-0.2, 0) is 0 Å². The highest BCUT2D eigenvalue weighted by Gasteiger charge is 2.10. The highest BCUT2D eigenvalue weighted by atomic mass is 32.1. The fourth-order valence-corrected chi connectivity index (χ4v) is 1.99. The molecule has 2 heterocycles. The van der Waals surface area contributed by atoms with Crippen LogP contribution in [0.25, 0.3) is 0 Å². The summed E-state index contributed by atoms with van der Waals surface area (Å²) in [6.07, 6.45) is 1.66. The van der Waals surface area contributed by atoms with Crippen molar-refractivity contribution in [3.63, 3.8) is 0 Å². The molecule has 0 aromatic carbocycles. The smallest absolute Gasteiger partial charge is 0.232 e. The van der Waals surface area contributed by atoms with Gasteiger partial charge in [-0.1, -0.05) is 5.16 Å². The Bertz CT molecular complexity index is 307. The molecule has 3 nitrogen and oxygen atoms in total. The number of hydrogen-bond donors (Lipinski definition) is 0. The van der Waals surface area contributed by atoms with E-state index in [2.05, 4.69) is 23.0 Å². The molecule has 0 aliphatic rings. The molecule has 0 aliphatic heterocycles. The average molecular weight is 194 g/mol. The summed E-state index contributed by atoms with van der Waals surface area (Å²) < 4.78 is 5.09. The van der Waals surface area contributed by atoms with Gasteiger partial charge in [0.1, 0.15) is 0 Å². The van der Waals surface area contributed by atoms with Crippen molar-refractivity contribution in [1.82, 2.24) is 5.16 Å². The summed E-state index contributed by atoms with van der Waals surface area (Å²) in [5.41, 5.74) is 0. The second-order valence-corrected chi connectivity index (χ2v) is 3.47. The molecule has 0 bridgehead atoms. The predicted molar refractivity (Wildman–Crippen MR) is 53.5 cm³/mol. The van der Waals surface area contributed by atoms with Crippen LogP contribution in [0.5, 0.6) is 0 Å². The van der Waals surface area contributed by atoms with Crippen molar-refractivity contribution < 1.29 is 4.52 Å². The lowest BCUT2D eigenvalue weighted by atomic mass is 10.5. The molecule has 0 saturated heterocycles. The molecule has 0 aliphatic carbocycles. The number of anilines is 2. The Labute approximate surface area is 80.6 Å². The van der Waals surface area contributed by atoms with E-state index in [0.29, 0.717) is 0 Å². The van der Waals surface area contributed by atoms with E-state index < -0.39 is 0 Å². The SMILES string of the molecule is CCN(c1ccno1)c1cccs1. The van der Waals surface area contributed by atoms with Crippen LogP contribution in [0, 0.1) is 0 Å². The van der Waals surface area contributed by atoms with Crippen LogP contribution in [0.3, 0.4) is 0 Å². The molecule has 2 aromatic rings. The van der Waals surface area contributed by atoms with Crippen LogP contribution in [0.15, 0.2) is 34.3 Å². The standard InChI is InChI=1S/C9H10N2OS/c1-2-11(8-5-6-10-12-8)9-4-3-7-13-9/h3-7H,2H2,1H3. The lowest BCUT2D eigenvalue weighted by Crippen LogP contribution is -2.13. The van der Waals surface area contributed by atoms with Gasteiger partial charge < -0.3 is 9.42 Å². The van der Waals surface area contributed by atoms with E-state index in [-0.39, 0.29) is 0 Å². The van der Waals surface area contributed by atoms with Gasteiger partial charge >= 0.3 is 0 Å². The summed E-state index contributed by atoms with van der Waals surface area (Å²) in [6.45, 7) is 2.97. The fourth-order valence-electron chi connectivity index (χ4n) is 1.19. The van der Waals surface area contributed by atoms with Crippen molar-refractivity contribution in [2.24, 2.45) is 0 Å². The zero-order valence-electron chi connectivity index (χ0n) is 7.30. The lowest BCUT2D eigenvalue weighted by molar-refractivity contribution is 0.424. The molecule has 2 aromatic heterocycles. The maximum atomic E-state index is 5.09. The van der Waals surface area contributed by atoms with Crippen LogP contribution in [0.4, 0.5) is 10.9 Å². The molecular weight excluding hydrogens is 184 g/mol. The Morgan fingerprint density at radius 2 is 2.46 bits per heavy atom. The Morgan fingerprint density at radius 3 is 3.00 bits per heavy atom. The van der Waals surface area contributed by atoms with Crippen LogP contribution in [0.2, 0.25) is 0 Å². The number of rotatable bonds is 3. The van der Waals surface area contributed by atoms with Gasteiger partial charge in [-0.15, -0.1) is 11.3 Å². The van der Waals surface area contributed by atoms with E-state index in [9.17, 15) is 0 Å². The van der Waals surface area contributed by atoms with Crippen molar-refractivity contribution in [3.05, 3.63) is 29.8 Å². The van der Waals surface area contributed by atoms with Crippen molar-refractivity contribution >= 4 is 22.2 Å². The maximum Gasteiger partial charge on any atom is 0.232 e. The number of thiophene rings is 1. The van der Waals surface area contributed by atoms with Gasteiger partial charge in [0, 0.05) is 12.6 Å². The molecule has 0 amide bonds.